The Bertz CT molecular complexity index is 1210. The van der Waals surface area contributed by atoms with Crippen molar-refractivity contribution in [1.29, 1.82) is 0 Å². The van der Waals surface area contributed by atoms with Crippen molar-refractivity contribution in [3.05, 3.63) is 75.7 Å². The molecule has 1 aliphatic heterocycles. The van der Waals surface area contributed by atoms with Crippen molar-refractivity contribution in [2.24, 2.45) is 0 Å². The van der Waals surface area contributed by atoms with Crippen LogP contribution in [0.3, 0.4) is 0 Å². The summed E-state index contributed by atoms with van der Waals surface area (Å²) >= 11 is 3.41. The monoisotopic (exact) mass is 497 g/mol. The average Bonchev–Trinajstić information content (AvgIpc) is 3.28. The zero-order chi connectivity index (χ0) is 23.0. The van der Waals surface area contributed by atoms with Crippen molar-refractivity contribution in [3.8, 4) is 5.75 Å². The minimum atomic E-state index is -0.706. The molecule has 6 nitrogen and oxygen atoms in total. The quantitative estimate of drug-likeness (QED) is 0.406. The fourth-order valence-electron chi connectivity index (χ4n) is 3.96. The van der Waals surface area contributed by atoms with E-state index < -0.39 is 23.5 Å². The van der Waals surface area contributed by atoms with Crippen LogP contribution in [0.25, 0.3) is 11.0 Å². The Morgan fingerprint density at radius 2 is 1.91 bits per heavy atom. The maximum Gasteiger partial charge on any atom is 0.290 e. The van der Waals surface area contributed by atoms with Gasteiger partial charge in [0.2, 0.25) is 5.78 Å². The fourth-order valence-corrected chi connectivity index (χ4v) is 4.34. The predicted octanol–water partition coefficient (Wildman–Crippen LogP) is 5.97. The lowest BCUT2D eigenvalue weighted by atomic mass is 9.95. The lowest BCUT2D eigenvalue weighted by Gasteiger charge is -2.26. The number of amides is 1. The summed E-state index contributed by atoms with van der Waals surface area (Å²) in [6.07, 6.45) is 0.712. The number of aliphatic hydroxyl groups is 1. The molecule has 0 bridgehead atoms. The molecule has 0 spiro atoms. The Hall–Kier alpha value is -3.06. The van der Waals surface area contributed by atoms with Gasteiger partial charge in [0.05, 0.1) is 17.7 Å². The van der Waals surface area contributed by atoms with Crippen LogP contribution < -0.4 is 4.74 Å². The lowest BCUT2D eigenvalue weighted by Crippen LogP contribution is -2.31. The van der Waals surface area contributed by atoms with E-state index in [4.69, 9.17) is 9.15 Å². The molecule has 1 amide bonds. The van der Waals surface area contributed by atoms with Crippen LogP contribution in [-0.2, 0) is 4.79 Å². The molecule has 166 valence electrons. The van der Waals surface area contributed by atoms with Crippen molar-refractivity contribution in [1.82, 2.24) is 4.90 Å². The van der Waals surface area contributed by atoms with Crippen LogP contribution in [-0.4, -0.2) is 34.3 Å². The van der Waals surface area contributed by atoms with Gasteiger partial charge in [0, 0.05) is 16.4 Å². The first-order chi connectivity index (χ1) is 15.3. The van der Waals surface area contributed by atoms with E-state index in [9.17, 15) is 14.7 Å². The smallest absolute Gasteiger partial charge is 0.290 e. The predicted molar refractivity (Wildman–Crippen MR) is 125 cm³/mol. The Balaban J connectivity index is 1.76. The van der Waals surface area contributed by atoms with E-state index in [2.05, 4.69) is 15.9 Å². The van der Waals surface area contributed by atoms with Crippen LogP contribution in [0.4, 0.5) is 0 Å². The highest BCUT2D eigenvalue weighted by Crippen LogP contribution is 2.40. The maximum absolute atomic E-state index is 13.5. The van der Waals surface area contributed by atoms with Gasteiger partial charge < -0.3 is 19.2 Å². The normalized spacial score (nSPS) is 16.5. The Morgan fingerprint density at radius 3 is 2.56 bits per heavy atom. The molecule has 0 fully saturated rings. The number of ether oxygens (including phenoxy) is 1. The molecule has 2 aromatic carbocycles. The summed E-state index contributed by atoms with van der Waals surface area (Å²) < 4.78 is 12.3. The Kier molecular flexibility index (Phi) is 6.11. The third kappa shape index (κ3) is 4.05. The molecule has 2 heterocycles. The van der Waals surface area contributed by atoms with Crippen LogP contribution in [0.5, 0.6) is 5.75 Å². The first-order valence-electron chi connectivity index (χ1n) is 10.5. The van der Waals surface area contributed by atoms with Gasteiger partial charge in [-0.2, -0.15) is 0 Å². The van der Waals surface area contributed by atoms with Crippen LogP contribution >= 0.6 is 15.9 Å². The van der Waals surface area contributed by atoms with E-state index in [-0.39, 0.29) is 17.4 Å². The van der Waals surface area contributed by atoms with E-state index in [1.807, 2.05) is 45.0 Å². The van der Waals surface area contributed by atoms with Gasteiger partial charge in [0.25, 0.3) is 5.91 Å². The molecule has 0 radical (unpaired) electrons. The molecule has 0 saturated carbocycles. The van der Waals surface area contributed by atoms with Crippen molar-refractivity contribution in [2.75, 3.05) is 6.54 Å². The van der Waals surface area contributed by atoms with E-state index in [0.717, 1.165) is 9.86 Å². The van der Waals surface area contributed by atoms with Gasteiger partial charge in [-0.05, 0) is 62.2 Å². The molecular formula is C25H24BrNO5. The van der Waals surface area contributed by atoms with Gasteiger partial charge in [0.15, 0.2) is 11.5 Å². The lowest BCUT2D eigenvalue weighted by molar-refractivity contribution is -0.129. The molecule has 4 rings (SSSR count). The van der Waals surface area contributed by atoms with Gasteiger partial charge in [0.1, 0.15) is 11.3 Å². The third-order valence-electron chi connectivity index (χ3n) is 5.28. The number of carbonyl (C=O) groups is 2. The van der Waals surface area contributed by atoms with E-state index in [0.29, 0.717) is 29.9 Å². The van der Waals surface area contributed by atoms with Gasteiger partial charge in [-0.25, -0.2) is 0 Å². The number of halogens is 1. The first-order valence-corrected chi connectivity index (χ1v) is 11.3. The number of ketones is 1. The molecule has 3 aromatic rings. The number of nitrogens with zero attached hydrogens (tertiary/aromatic N) is 1. The van der Waals surface area contributed by atoms with E-state index in [1.165, 1.54) is 4.90 Å². The molecule has 1 N–H and O–H groups in total. The number of fused-ring (bicyclic) bond motifs is 1. The minimum Gasteiger partial charge on any atom is -0.503 e. The average molecular weight is 498 g/mol. The number of rotatable bonds is 7. The van der Waals surface area contributed by atoms with Crippen LogP contribution in [0.2, 0.25) is 0 Å². The molecule has 32 heavy (non-hydrogen) atoms. The van der Waals surface area contributed by atoms with Gasteiger partial charge in [-0.1, -0.05) is 35.0 Å². The molecule has 1 atom stereocenters. The maximum atomic E-state index is 13.5. The standard InChI is InChI=1S/C25H24BrNO5/c1-4-11-27-22(15-5-8-18(9-6-15)31-14(2)3)21(24(29)25(27)30)23(28)20-13-16-12-17(26)7-10-19(16)32-20/h5-10,12-14,22,29H,4,11H2,1-3H3. The van der Waals surface area contributed by atoms with Crippen molar-refractivity contribution < 1.29 is 23.8 Å². The highest BCUT2D eigenvalue weighted by Gasteiger charge is 2.44. The number of hydrogen-bond acceptors (Lipinski definition) is 5. The summed E-state index contributed by atoms with van der Waals surface area (Å²) in [5.74, 6) is -0.817. The zero-order valence-electron chi connectivity index (χ0n) is 18.1. The molecule has 7 heteroatoms. The van der Waals surface area contributed by atoms with E-state index in [1.54, 1.807) is 24.3 Å². The molecule has 1 aromatic heterocycles. The van der Waals surface area contributed by atoms with Gasteiger partial charge in [-0.3, -0.25) is 9.59 Å². The third-order valence-corrected chi connectivity index (χ3v) is 5.78. The van der Waals surface area contributed by atoms with Crippen LogP contribution in [0, 0.1) is 0 Å². The SMILES string of the molecule is CCCN1C(=O)C(O)=C(C(=O)c2cc3cc(Br)ccc3o2)C1c1ccc(OC(C)C)cc1. The number of Topliss-reactive ketones (excluding diaryl/α,β-unsaturated/α-hetero) is 1. The molecule has 1 unspecified atom stereocenters. The summed E-state index contributed by atoms with van der Waals surface area (Å²) in [4.78, 5) is 27.9. The number of carbonyl (C=O) groups excluding carboxylic acids is 2. The summed E-state index contributed by atoms with van der Waals surface area (Å²) in [6, 6.07) is 13.6. The Labute approximate surface area is 194 Å². The van der Waals surface area contributed by atoms with Crippen molar-refractivity contribution >= 4 is 38.6 Å². The second-order valence-corrected chi connectivity index (χ2v) is 8.94. The number of hydrogen-bond donors (Lipinski definition) is 1. The summed E-state index contributed by atoms with van der Waals surface area (Å²) in [6.45, 7) is 6.23. The van der Waals surface area contributed by atoms with Crippen LogP contribution in [0.15, 0.2) is 68.8 Å². The van der Waals surface area contributed by atoms with Crippen molar-refractivity contribution in [3.63, 3.8) is 0 Å². The summed E-state index contributed by atoms with van der Waals surface area (Å²) in [5, 5.41) is 11.5. The topological polar surface area (TPSA) is 80.0 Å². The second-order valence-electron chi connectivity index (χ2n) is 8.02. The first kappa shape index (κ1) is 22.1. The Morgan fingerprint density at radius 1 is 1.19 bits per heavy atom. The highest BCUT2D eigenvalue weighted by molar-refractivity contribution is 9.10. The molecule has 0 saturated heterocycles. The summed E-state index contributed by atoms with van der Waals surface area (Å²) in [7, 11) is 0. The van der Waals surface area contributed by atoms with Crippen LogP contribution in [0.1, 0.15) is 49.4 Å². The van der Waals surface area contributed by atoms with Gasteiger partial charge in [-0.15, -0.1) is 0 Å². The molecule has 1 aliphatic rings. The van der Waals surface area contributed by atoms with E-state index >= 15 is 0 Å². The largest absolute Gasteiger partial charge is 0.503 e. The van der Waals surface area contributed by atoms with Gasteiger partial charge >= 0.3 is 0 Å². The molecule has 0 aliphatic carbocycles. The minimum absolute atomic E-state index is 0.0269. The molecular weight excluding hydrogens is 474 g/mol. The highest BCUT2D eigenvalue weighted by atomic mass is 79.9. The van der Waals surface area contributed by atoms with Crippen molar-refractivity contribution in [2.45, 2.75) is 39.3 Å². The zero-order valence-corrected chi connectivity index (χ0v) is 19.7. The number of aliphatic hydroxyl groups excluding tert-OH is 1. The number of furan rings is 1. The number of benzene rings is 2. The summed E-state index contributed by atoms with van der Waals surface area (Å²) in [5.41, 5.74) is 1.30. The second kappa shape index (κ2) is 8.82. The fraction of sp³-hybridized carbons (Fsp3) is 0.280.